The van der Waals surface area contributed by atoms with E-state index < -0.39 is 0 Å². The van der Waals surface area contributed by atoms with Crippen LogP contribution in [-0.2, 0) is 9.53 Å². The molecule has 1 rings (SSSR count). The molecular weight excluding hydrogens is 284 g/mol. The number of unbranched alkanes of at least 4 members (excludes halogenated alkanes) is 8. The van der Waals surface area contributed by atoms with Crippen molar-refractivity contribution in [1.29, 1.82) is 0 Å². The van der Waals surface area contributed by atoms with Crippen LogP contribution in [0.2, 0.25) is 0 Å². The van der Waals surface area contributed by atoms with E-state index in [9.17, 15) is 4.79 Å². The molecule has 0 aromatic heterocycles. The summed E-state index contributed by atoms with van der Waals surface area (Å²) >= 11 is 0. The zero-order valence-electron chi connectivity index (χ0n) is 16.0. The van der Waals surface area contributed by atoms with Gasteiger partial charge in [0.05, 0.1) is 0 Å². The fraction of sp³-hybridized carbons (Fsp3) is 0.952. The Labute approximate surface area is 144 Å². The first-order valence-corrected chi connectivity index (χ1v) is 10.3. The Hall–Kier alpha value is -0.530. The molecule has 0 heterocycles. The number of hydrogen-bond acceptors (Lipinski definition) is 2. The minimum atomic E-state index is -0.267. The van der Waals surface area contributed by atoms with Crippen LogP contribution >= 0.6 is 0 Å². The predicted octanol–water partition coefficient (Wildman–Crippen LogP) is 6.81. The lowest BCUT2D eigenvalue weighted by molar-refractivity contribution is -0.163. The summed E-state index contributed by atoms with van der Waals surface area (Å²) in [5.41, 5.74) is -0.267. The quantitative estimate of drug-likeness (QED) is 0.291. The average Bonchev–Trinajstić information content (AvgIpc) is 2.54. The molecule has 2 nitrogen and oxygen atoms in total. The molecule has 0 unspecified atom stereocenters. The molecule has 0 atom stereocenters. The molecule has 1 aliphatic carbocycles. The molecule has 0 radical (unpaired) electrons. The highest BCUT2D eigenvalue weighted by Gasteiger charge is 2.33. The number of carbonyl (C=O) groups is 1. The largest absolute Gasteiger partial charge is 0.459 e. The van der Waals surface area contributed by atoms with Gasteiger partial charge in [-0.1, -0.05) is 77.6 Å². The summed E-state index contributed by atoms with van der Waals surface area (Å²) in [6, 6.07) is 0. The van der Waals surface area contributed by atoms with E-state index in [-0.39, 0.29) is 11.6 Å². The number of rotatable bonds is 12. The van der Waals surface area contributed by atoms with Crippen LogP contribution in [0.3, 0.4) is 0 Å². The van der Waals surface area contributed by atoms with E-state index in [1.807, 2.05) is 0 Å². The van der Waals surface area contributed by atoms with Crippen LogP contribution in [-0.4, -0.2) is 11.6 Å². The van der Waals surface area contributed by atoms with Gasteiger partial charge in [0, 0.05) is 6.42 Å². The first-order chi connectivity index (χ1) is 11.1. The molecule has 1 fully saturated rings. The predicted molar refractivity (Wildman–Crippen MR) is 98.6 cm³/mol. The molecule has 1 aliphatic rings. The van der Waals surface area contributed by atoms with Crippen molar-refractivity contribution in [3.63, 3.8) is 0 Å². The summed E-state index contributed by atoms with van der Waals surface area (Å²) in [4.78, 5) is 12.1. The smallest absolute Gasteiger partial charge is 0.306 e. The maximum Gasteiger partial charge on any atom is 0.306 e. The van der Waals surface area contributed by atoms with Gasteiger partial charge < -0.3 is 4.74 Å². The van der Waals surface area contributed by atoms with Crippen LogP contribution in [0.5, 0.6) is 0 Å². The molecule has 1 saturated carbocycles. The third-order valence-electron chi connectivity index (χ3n) is 5.45. The van der Waals surface area contributed by atoms with Crippen LogP contribution in [0.1, 0.15) is 117 Å². The van der Waals surface area contributed by atoms with Crippen molar-refractivity contribution in [2.45, 2.75) is 123 Å². The highest BCUT2D eigenvalue weighted by Crippen LogP contribution is 2.35. The van der Waals surface area contributed by atoms with Gasteiger partial charge in [0.2, 0.25) is 0 Å². The summed E-state index contributed by atoms with van der Waals surface area (Å²) in [5.74, 6) is 0.576. The Morgan fingerprint density at radius 3 is 1.96 bits per heavy atom. The summed E-state index contributed by atoms with van der Waals surface area (Å²) in [6.45, 7) is 6.48. The second kappa shape index (κ2) is 11.9. The third kappa shape index (κ3) is 9.37. The van der Waals surface area contributed by atoms with Crippen LogP contribution in [0, 0.1) is 5.92 Å². The molecule has 136 valence electrons. The van der Waals surface area contributed by atoms with Gasteiger partial charge in [-0.25, -0.2) is 0 Å². The second-order valence-electron chi connectivity index (χ2n) is 7.99. The van der Waals surface area contributed by atoms with Crippen molar-refractivity contribution in [1.82, 2.24) is 0 Å². The van der Waals surface area contributed by atoms with Crippen molar-refractivity contribution in [2.75, 3.05) is 0 Å². The maximum atomic E-state index is 12.1. The number of ether oxygens (including phenoxy) is 1. The van der Waals surface area contributed by atoms with Gasteiger partial charge in [-0.05, 0) is 39.0 Å². The minimum absolute atomic E-state index is 0.0171. The van der Waals surface area contributed by atoms with Gasteiger partial charge in [0.15, 0.2) is 0 Å². The number of carbonyl (C=O) groups excluding carboxylic acids is 1. The third-order valence-corrected chi connectivity index (χ3v) is 5.45. The maximum absolute atomic E-state index is 12.1. The molecule has 0 spiro atoms. The molecule has 0 N–H and O–H groups in total. The van der Waals surface area contributed by atoms with E-state index >= 15 is 0 Å². The molecule has 0 aliphatic heterocycles. The van der Waals surface area contributed by atoms with Gasteiger partial charge in [-0.15, -0.1) is 0 Å². The van der Waals surface area contributed by atoms with Crippen LogP contribution in [0.15, 0.2) is 0 Å². The Kier molecular flexibility index (Phi) is 10.6. The lowest BCUT2D eigenvalue weighted by Gasteiger charge is -2.36. The summed E-state index contributed by atoms with van der Waals surface area (Å²) in [6.07, 6.45) is 18.6. The fourth-order valence-electron chi connectivity index (χ4n) is 3.81. The van der Waals surface area contributed by atoms with E-state index in [0.717, 1.165) is 6.42 Å². The number of hydrogen-bond donors (Lipinski definition) is 0. The minimum Gasteiger partial charge on any atom is -0.459 e. The Morgan fingerprint density at radius 1 is 0.870 bits per heavy atom. The van der Waals surface area contributed by atoms with Crippen molar-refractivity contribution in [2.24, 2.45) is 5.92 Å². The normalized spacial score (nSPS) is 16.5. The number of esters is 1. The summed E-state index contributed by atoms with van der Waals surface area (Å²) in [7, 11) is 0. The molecule has 23 heavy (non-hydrogen) atoms. The van der Waals surface area contributed by atoms with E-state index in [4.69, 9.17) is 4.74 Å². The fourth-order valence-corrected chi connectivity index (χ4v) is 3.81. The highest BCUT2D eigenvalue weighted by molar-refractivity contribution is 5.69. The second-order valence-corrected chi connectivity index (χ2v) is 7.99. The van der Waals surface area contributed by atoms with E-state index in [2.05, 4.69) is 20.8 Å². The topological polar surface area (TPSA) is 26.3 Å². The highest BCUT2D eigenvalue weighted by atomic mass is 16.6. The van der Waals surface area contributed by atoms with Gasteiger partial charge in [-0.3, -0.25) is 4.79 Å². The van der Waals surface area contributed by atoms with Gasteiger partial charge >= 0.3 is 5.97 Å². The monoisotopic (exact) mass is 324 g/mol. The molecule has 0 saturated heterocycles. The average molecular weight is 325 g/mol. The van der Waals surface area contributed by atoms with Gasteiger partial charge in [0.25, 0.3) is 0 Å². The zero-order valence-corrected chi connectivity index (χ0v) is 16.0. The van der Waals surface area contributed by atoms with E-state index in [0.29, 0.717) is 12.3 Å². The van der Waals surface area contributed by atoms with E-state index in [1.54, 1.807) is 0 Å². The Balaban J connectivity index is 2.03. The SMILES string of the molecule is CCCCCCCCCCCC(=O)OC(C)(C)C1CCCCC1. The standard InChI is InChI=1S/C21H40O2/c1-4-5-6-7-8-9-10-11-15-18-20(22)23-21(2,3)19-16-13-12-14-17-19/h19H,4-18H2,1-3H3. The first kappa shape index (κ1) is 20.5. The van der Waals surface area contributed by atoms with Crippen LogP contribution in [0.25, 0.3) is 0 Å². The summed E-state index contributed by atoms with van der Waals surface area (Å²) in [5, 5.41) is 0. The van der Waals surface area contributed by atoms with Crippen molar-refractivity contribution in [3.05, 3.63) is 0 Å². The molecule has 0 aromatic carbocycles. The Bertz CT molecular complexity index is 303. The van der Waals surface area contributed by atoms with Crippen molar-refractivity contribution in [3.8, 4) is 0 Å². The van der Waals surface area contributed by atoms with Crippen molar-refractivity contribution >= 4 is 5.97 Å². The van der Waals surface area contributed by atoms with Gasteiger partial charge in [0.1, 0.15) is 5.60 Å². The molecule has 0 aromatic rings. The van der Waals surface area contributed by atoms with E-state index in [1.165, 1.54) is 83.5 Å². The molecule has 0 bridgehead atoms. The van der Waals surface area contributed by atoms with Gasteiger partial charge in [-0.2, -0.15) is 0 Å². The van der Waals surface area contributed by atoms with Crippen molar-refractivity contribution < 1.29 is 9.53 Å². The molecule has 0 amide bonds. The summed E-state index contributed by atoms with van der Waals surface area (Å²) < 4.78 is 5.81. The molecular formula is C21H40O2. The lowest BCUT2D eigenvalue weighted by Crippen LogP contribution is -2.37. The molecule has 2 heteroatoms. The Morgan fingerprint density at radius 2 is 1.39 bits per heavy atom. The first-order valence-electron chi connectivity index (χ1n) is 10.3. The van der Waals surface area contributed by atoms with Crippen LogP contribution in [0.4, 0.5) is 0 Å². The van der Waals surface area contributed by atoms with Crippen LogP contribution < -0.4 is 0 Å². The lowest BCUT2D eigenvalue weighted by atomic mass is 9.79. The zero-order chi connectivity index (χ0) is 17.0.